The third-order valence-electron chi connectivity index (χ3n) is 5.79. The number of pyridine rings is 1. The molecular formula is C21H25ClN2O6. The molecule has 3 heterocycles. The molecule has 2 aliphatic heterocycles. The van der Waals surface area contributed by atoms with Crippen LogP contribution in [0.25, 0.3) is 10.9 Å². The van der Waals surface area contributed by atoms with Gasteiger partial charge in [-0.2, -0.15) is 0 Å². The Labute approximate surface area is 178 Å². The van der Waals surface area contributed by atoms with Gasteiger partial charge in [-0.05, 0) is 44.4 Å². The summed E-state index contributed by atoms with van der Waals surface area (Å²) in [4.78, 5) is 38.7. The van der Waals surface area contributed by atoms with Crippen LogP contribution in [0.4, 0.5) is 0 Å². The number of carboxylic acid groups (broad SMARTS) is 1. The number of aromatic amines is 1. The van der Waals surface area contributed by atoms with Crippen molar-refractivity contribution in [2.45, 2.75) is 43.8 Å². The van der Waals surface area contributed by atoms with Gasteiger partial charge in [0.25, 0.3) is 12.4 Å². The number of likely N-dealkylation sites (tertiary alicyclic amines) is 1. The standard InChI is InChI=1S/C20H23ClN2O4.CH2O2/c1-19(26)6-9-27-20(12-19)4-7-23(8-5-20)18(25)15-11-22-16-10-13(21)2-3-14(16)17(15)24;2-1-3/h2-3,10-11,26H,4-9,12H2,1H3,(H,22,24);1H,(H,2,3). The number of aliphatic hydroxyl groups is 1. The number of carbonyl (C=O) groups excluding carboxylic acids is 1. The van der Waals surface area contributed by atoms with Crippen molar-refractivity contribution in [3.8, 4) is 0 Å². The zero-order chi connectivity index (χ0) is 21.9. The highest BCUT2D eigenvalue weighted by atomic mass is 35.5. The minimum absolute atomic E-state index is 0.136. The number of benzene rings is 1. The maximum Gasteiger partial charge on any atom is 0.290 e. The summed E-state index contributed by atoms with van der Waals surface area (Å²) in [6.45, 7) is 3.14. The van der Waals surface area contributed by atoms with Crippen LogP contribution < -0.4 is 5.43 Å². The fraction of sp³-hybridized carbons (Fsp3) is 0.476. The van der Waals surface area contributed by atoms with E-state index in [-0.39, 0.29) is 29.0 Å². The fourth-order valence-corrected chi connectivity index (χ4v) is 4.46. The van der Waals surface area contributed by atoms with Crippen molar-refractivity contribution in [2.75, 3.05) is 19.7 Å². The average Bonchev–Trinajstić information content (AvgIpc) is 2.68. The van der Waals surface area contributed by atoms with Crippen LogP contribution in [0, 0.1) is 0 Å². The van der Waals surface area contributed by atoms with Crippen molar-refractivity contribution in [1.29, 1.82) is 0 Å². The molecule has 0 aliphatic carbocycles. The Morgan fingerprint density at radius 3 is 2.60 bits per heavy atom. The van der Waals surface area contributed by atoms with Crippen molar-refractivity contribution in [3.05, 3.63) is 45.2 Å². The first kappa shape index (κ1) is 22.3. The van der Waals surface area contributed by atoms with E-state index in [0.29, 0.717) is 61.3 Å². The quantitative estimate of drug-likeness (QED) is 0.590. The molecule has 2 fully saturated rings. The molecule has 162 valence electrons. The first-order valence-corrected chi connectivity index (χ1v) is 10.1. The lowest BCUT2D eigenvalue weighted by atomic mass is 9.78. The summed E-state index contributed by atoms with van der Waals surface area (Å²) in [6.07, 6.45) is 4.01. The van der Waals surface area contributed by atoms with Crippen LogP contribution in [0.2, 0.25) is 5.02 Å². The SMILES string of the molecule is CC1(O)CCOC2(CCN(C(=O)c3c[nH]c4cc(Cl)ccc4c3=O)CC2)C1.O=CO. The summed E-state index contributed by atoms with van der Waals surface area (Å²) in [5, 5.41) is 18.3. The number of nitrogens with zero attached hydrogens (tertiary/aromatic N) is 1. The Balaban J connectivity index is 0.000000806. The molecule has 2 aliphatic rings. The molecule has 1 spiro atoms. The molecule has 9 heteroatoms. The van der Waals surface area contributed by atoms with Gasteiger partial charge in [-0.15, -0.1) is 0 Å². The van der Waals surface area contributed by atoms with E-state index in [9.17, 15) is 14.7 Å². The van der Waals surface area contributed by atoms with Crippen LogP contribution in [0.3, 0.4) is 0 Å². The molecule has 1 unspecified atom stereocenters. The summed E-state index contributed by atoms with van der Waals surface area (Å²) in [5.41, 5.74) is -0.633. The Hall–Kier alpha value is -2.42. The molecule has 0 radical (unpaired) electrons. The number of hydrogen-bond acceptors (Lipinski definition) is 5. The predicted molar refractivity (Wildman–Crippen MR) is 112 cm³/mol. The molecule has 0 saturated carbocycles. The van der Waals surface area contributed by atoms with E-state index < -0.39 is 5.60 Å². The first-order chi connectivity index (χ1) is 14.2. The van der Waals surface area contributed by atoms with E-state index in [0.717, 1.165) is 0 Å². The second kappa shape index (κ2) is 8.75. The van der Waals surface area contributed by atoms with Crippen LogP contribution in [0.1, 0.15) is 43.0 Å². The summed E-state index contributed by atoms with van der Waals surface area (Å²) in [7, 11) is 0. The van der Waals surface area contributed by atoms with E-state index >= 15 is 0 Å². The Morgan fingerprint density at radius 2 is 1.97 bits per heavy atom. The molecule has 0 bridgehead atoms. The van der Waals surface area contributed by atoms with Crippen molar-refractivity contribution in [3.63, 3.8) is 0 Å². The molecule has 30 heavy (non-hydrogen) atoms. The largest absolute Gasteiger partial charge is 0.483 e. The highest BCUT2D eigenvalue weighted by molar-refractivity contribution is 6.31. The average molecular weight is 437 g/mol. The number of fused-ring (bicyclic) bond motifs is 1. The normalized spacial score (nSPS) is 23.0. The maximum absolute atomic E-state index is 12.9. The lowest BCUT2D eigenvalue weighted by Gasteiger charge is -2.48. The van der Waals surface area contributed by atoms with Crippen LogP contribution in [-0.2, 0) is 9.53 Å². The molecule has 1 aromatic carbocycles. The molecular weight excluding hydrogens is 412 g/mol. The lowest BCUT2D eigenvalue weighted by molar-refractivity contribution is -0.170. The maximum atomic E-state index is 12.9. The number of H-pyrrole nitrogens is 1. The molecule has 1 aromatic heterocycles. The van der Waals surface area contributed by atoms with Crippen molar-refractivity contribution < 1.29 is 24.5 Å². The third-order valence-corrected chi connectivity index (χ3v) is 6.02. The molecule has 2 saturated heterocycles. The summed E-state index contributed by atoms with van der Waals surface area (Å²) in [5.74, 6) is -0.273. The minimum Gasteiger partial charge on any atom is -0.483 e. The number of nitrogens with one attached hydrogen (secondary N) is 1. The molecule has 4 rings (SSSR count). The van der Waals surface area contributed by atoms with Gasteiger partial charge in [-0.25, -0.2) is 0 Å². The van der Waals surface area contributed by atoms with Gasteiger partial charge >= 0.3 is 0 Å². The highest BCUT2D eigenvalue weighted by Crippen LogP contribution is 2.39. The van der Waals surface area contributed by atoms with Gasteiger partial charge in [-0.3, -0.25) is 14.4 Å². The van der Waals surface area contributed by atoms with Crippen LogP contribution in [0.15, 0.2) is 29.2 Å². The Bertz CT molecular complexity index is 995. The number of rotatable bonds is 1. The van der Waals surface area contributed by atoms with E-state index in [1.165, 1.54) is 6.20 Å². The number of amides is 1. The number of halogens is 1. The van der Waals surface area contributed by atoms with Gasteiger partial charge < -0.3 is 24.8 Å². The molecule has 3 N–H and O–H groups in total. The number of carbonyl (C=O) groups is 2. The molecule has 2 aromatic rings. The molecule has 1 atom stereocenters. The zero-order valence-corrected chi connectivity index (χ0v) is 17.4. The first-order valence-electron chi connectivity index (χ1n) is 9.75. The number of aromatic nitrogens is 1. The van der Waals surface area contributed by atoms with Crippen LogP contribution >= 0.6 is 11.6 Å². The van der Waals surface area contributed by atoms with Gasteiger partial charge in [0.15, 0.2) is 0 Å². The highest BCUT2D eigenvalue weighted by Gasteiger charge is 2.45. The van der Waals surface area contributed by atoms with Crippen molar-refractivity contribution >= 4 is 34.9 Å². The van der Waals surface area contributed by atoms with E-state index in [2.05, 4.69) is 4.98 Å². The van der Waals surface area contributed by atoms with Gasteiger partial charge in [-0.1, -0.05) is 11.6 Å². The van der Waals surface area contributed by atoms with Gasteiger partial charge in [0.1, 0.15) is 5.56 Å². The zero-order valence-electron chi connectivity index (χ0n) is 16.7. The van der Waals surface area contributed by atoms with Gasteiger partial charge in [0, 0.05) is 36.1 Å². The fourth-order valence-electron chi connectivity index (χ4n) is 4.28. The van der Waals surface area contributed by atoms with Crippen LogP contribution in [-0.4, -0.2) is 63.4 Å². The Kier molecular flexibility index (Phi) is 6.50. The smallest absolute Gasteiger partial charge is 0.290 e. The minimum atomic E-state index is -0.721. The predicted octanol–water partition coefficient (Wildman–Crippen LogP) is 2.42. The van der Waals surface area contributed by atoms with Crippen molar-refractivity contribution in [2.24, 2.45) is 0 Å². The summed E-state index contributed by atoms with van der Waals surface area (Å²) < 4.78 is 5.99. The van der Waals surface area contributed by atoms with E-state index in [4.69, 9.17) is 26.2 Å². The van der Waals surface area contributed by atoms with Crippen LogP contribution in [0.5, 0.6) is 0 Å². The number of ether oxygens (including phenoxy) is 1. The molecule has 8 nitrogen and oxygen atoms in total. The topological polar surface area (TPSA) is 120 Å². The number of piperidine rings is 1. The number of hydrogen-bond donors (Lipinski definition) is 3. The van der Waals surface area contributed by atoms with Crippen molar-refractivity contribution in [1.82, 2.24) is 9.88 Å². The lowest BCUT2D eigenvalue weighted by Crippen LogP contribution is -2.54. The second-order valence-electron chi connectivity index (χ2n) is 8.07. The molecule has 1 amide bonds. The monoisotopic (exact) mass is 436 g/mol. The van der Waals surface area contributed by atoms with E-state index in [1.54, 1.807) is 23.1 Å². The van der Waals surface area contributed by atoms with Gasteiger partial charge in [0.05, 0.1) is 23.3 Å². The Morgan fingerprint density at radius 1 is 1.30 bits per heavy atom. The van der Waals surface area contributed by atoms with Gasteiger partial charge in [0.2, 0.25) is 5.43 Å². The third kappa shape index (κ3) is 4.66. The van der Waals surface area contributed by atoms with E-state index in [1.807, 2.05) is 6.92 Å². The summed E-state index contributed by atoms with van der Waals surface area (Å²) in [6, 6.07) is 4.95. The second-order valence-corrected chi connectivity index (χ2v) is 8.51. The summed E-state index contributed by atoms with van der Waals surface area (Å²) >= 11 is 5.96.